The van der Waals surface area contributed by atoms with E-state index in [9.17, 15) is 4.79 Å². The summed E-state index contributed by atoms with van der Waals surface area (Å²) < 4.78 is 0. The number of halogens is 1. The summed E-state index contributed by atoms with van der Waals surface area (Å²) in [5, 5.41) is 6.32. The second-order valence-electron chi connectivity index (χ2n) is 5.10. The lowest BCUT2D eigenvalue weighted by atomic mass is 10.1. The Morgan fingerprint density at radius 2 is 2.20 bits per heavy atom. The Morgan fingerprint density at radius 1 is 1.40 bits per heavy atom. The van der Waals surface area contributed by atoms with Crippen molar-refractivity contribution in [1.29, 1.82) is 0 Å². The van der Waals surface area contributed by atoms with Gasteiger partial charge in [0.1, 0.15) is 0 Å². The van der Waals surface area contributed by atoms with Gasteiger partial charge in [0.15, 0.2) is 0 Å². The van der Waals surface area contributed by atoms with Gasteiger partial charge in [0, 0.05) is 29.7 Å². The first kappa shape index (κ1) is 17.3. The fourth-order valence-electron chi connectivity index (χ4n) is 2.14. The summed E-state index contributed by atoms with van der Waals surface area (Å²) in [5.74, 6) is 1.01. The molecule has 0 saturated carbocycles. The minimum atomic E-state index is 0. The van der Waals surface area contributed by atoms with Crippen LogP contribution in [0.2, 0.25) is 0 Å². The van der Waals surface area contributed by atoms with Gasteiger partial charge in [-0.2, -0.15) is 0 Å². The predicted octanol–water partition coefficient (Wildman–Crippen LogP) is 2.69. The summed E-state index contributed by atoms with van der Waals surface area (Å²) >= 11 is 1.75. The standard InChI is InChI=1S/C15H22N2OS.ClH/c1-11-3-4-14(9-12(11)2)19-8-6-15(18)17-13-5-7-16-10-13;/h3-4,9,13,16H,5-8,10H2,1-2H3,(H,17,18);1H. The Kier molecular flexibility index (Phi) is 7.41. The fraction of sp³-hybridized carbons (Fsp3) is 0.533. The Hall–Kier alpha value is -0.710. The number of carbonyl (C=O) groups excluding carboxylic acids is 1. The van der Waals surface area contributed by atoms with Crippen LogP contribution in [0.3, 0.4) is 0 Å². The van der Waals surface area contributed by atoms with Crippen molar-refractivity contribution in [3.8, 4) is 0 Å². The molecule has 1 amide bonds. The van der Waals surface area contributed by atoms with E-state index in [1.807, 2.05) is 0 Å². The maximum absolute atomic E-state index is 11.8. The van der Waals surface area contributed by atoms with Gasteiger partial charge in [0.25, 0.3) is 0 Å². The van der Waals surface area contributed by atoms with Crippen LogP contribution in [0.1, 0.15) is 24.0 Å². The van der Waals surface area contributed by atoms with Gasteiger partial charge in [-0.25, -0.2) is 0 Å². The zero-order valence-electron chi connectivity index (χ0n) is 12.1. The maximum atomic E-state index is 11.8. The van der Waals surface area contributed by atoms with Crippen molar-refractivity contribution in [1.82, 2.24) is 10.6 Å². The maximum Gasteiger partial charge on any atom is 0.221 e. The van der Waals surface area contributed by atoms with Crippen LogP contribution in [0.15, 0.2) is 23.1 Å². The third-order valence-corrected chi connectivity index (χ3v) is 4.50. The molecule has 2 N–H and O–H groups in total. The minimum Gasteiger partial charge on any atom is -0.352 e. The molecule has 0 aliphatic carbocycles. The van der Waals surface area contributed by atoms with Crippen molar-refractivity contribution < 1.29 is 4.79 Å². The van der Waals surface area contributed by atoms with Crippen LogP contribution in [0, 0.1) is 13.8 Å². The van der Waals surface area contributed by atoms with Crippen LogP contribution in [0.5, 0.6) is 0 Å². The van der Waals surface area contributed by atoms with Gasteiger partial charge in [0.05, 0.1) is 0 Å². The molecule has 2 rings (SSSR count). The van der Waals surface area contributed by atoms with Gasteiger partial charge in [-0.1, -0.05) is 6.07 Å². The second-order valence-corrected chi connectivity index (χ2v) is 6.27. The molecule has 0 radical (unpaired) electrons. The predicted molar refractivity (Wildman–Crippen MR) is 87.9 cm³/mol. The average molecular weight is 315 g/mol. The number of benzene rings is 1. The molecule has 3 nitrogen and oxygen atoms in total. The summed E-state index contributed by atoms with van der Waals surface area (Å²) in [4.78, 5) is 13.0. The van der Waals surface area contributed by atoms with Crippen LogP contribution in [-0.2, 0) is 4.79 Å². The van der Waals surface area contributed by atoms with Crippen LogP contribution < -0.4 is 10.6 Å². The zero-order chi connectivity index (χ0) is 13.7. The van der Waals surface area contributed by atoms with Crippen molar-refractivity contribution in [2.75, 3.05) is 18.8 Å². The van der Waals surface area contributed by atoms with Gasteiger partial charge in [-0.3, -0.25) is 4.79 Å². The molecule has 1 fully saturated rings. The van der Waals surface area contributed by atoms with Crippen molar-refractivity contribution >= 4 is 30.1 Å². The van der Waals surface area contributed by atoms with Crippen molar-refractivity contribution in [3.63, 3.8) is 0 Å². The monoisotopic (exact) mass is 314 g/mol. The largest absolute Gasteiger partial charge is 0.352 e. The lowest BCUT2D eigenvalue weighted by Gasteiger charge is -2.11. The van der Waals surface area contributed by atoms with E-state index < -0.39 is 0 Å². The summed E-state index contributed by atoms with van der Waals surface area (Å²) in [7, 11) is 0. The van der Waals surface area contributed by atoms with E-state index in [0.29, 0.717) is 12.5 Å². The highest BCUT2D eigenvalue weighted by molar-refractivity contribution is 7.99. The lowest BCUT2D eigenvalue weighted by Crippen LogP contribution is -2.36. The topological polar surface area (TPSA) is 41.1 Å². The van der Waals surface area contributed by atoms with Crippen molar-refractivity contribution in [2.24, 2.45) is 0 Å². The molecule has 1 atom stereocenters. The molecule has 1 saturated heterocycles. The number of rotatable bonds is 5. The van der Waals surface area contributed by atoms with Gasteiger partial charge in [-0.15, -0.1) is 24.2 Å². The molecule has 1 unspecified atom stereocenters. The zero-order valence-corrected chi connectivity index (χ0v) is 13.7. The first-order valence-corrected chi connectivity index (χ1v) is 7.84. The Balaban J connectivity index is 0.00000200. The van der Waals surface area contributed by atoms with E-state index >= 15 is 0 Å². The molecule has 112 valence electrons. The summed E-state index contributed by atoms with van der Waals surface area (Å²) in [6.45, 7) is 6.17. The lowest BCUT2D eigenvalue weighted by molar-refractivity contribution is -0.121. The third-order valence-electron chi connectivity index (χ3n) is 3.50. The molecule has 0 bridgehead atoms. The molecule has 5 heteroatoms. The molecule has 1 heterocycles. The van der Waals surface area contributed by atoms with Crippen LogP contribution >= 0.6 is 24.2 Å². The summed E-state index contributed by atoms with van der Waals surface area (Å²) in [5.41, 5.74) is 2.63. The summed E-state index contributed by atoms with van der Waals surface area (Å²) in [6, 6.07) is 6.80. The molecule has 0 aromatic heterocycles. The van der Waals surface area contributed by atoms with Crippen LogP contribution in [0.4, 0.5) is 0 Å². The second kappa shape index (κ2) is 8.55. The number of aryl methyl sites for hydroxylation is 2. The van der Waals surface area contributed by atoms with Gasteiger partial charge < -0.3 is 10.6 Å². The van der Waals surface area contributed by atoms with E-state index in [-0.39, 0.29) is 18.3 Å². The summed E-state index contributed by atoms with van der Waals surface area (Å²) in [6.07, 6.45) is 1.64. The van der Waals surface area contributed by atoms with Crippen LogP contribution in [-0.4, -0.2) is 30.8 Å². The van der Waals surface area contributed by atoms with E-state index in [2.05, 4.69) is 42.7 Å². The molecule has 1 aliphatic heterocycles. The molecular weight excluding hydrogens is 292 g/mol. The molecule has 1 aromatic carbocycles. The van der Waals surface area contributed by atoms with Crippen molar-refractivity contribution in [2.45, 2.75) is 37.6 Å². The normalized spacial score (nSPS) is 17.6. The first-order chi connectivity index (χ1) is 9.15. The SMILES string of the molecule is Cc1ccc(SCCC(=O)NC2CCNC2)cc1C.Cl. The van der Waals surface area contributed by atoms with Crippen LogP contribution in [0.25, 0.3) is 0 Å². The number of hydrogen-bond donors (Lipinski definition) is 2. The quantitative estimate of drug-likeness (QED) is 0.821. The highest BCUT2D eigenvalue weighted by atomic mass is 35.5. The average Bonchev–Trinajstić information content (AvgIpc) is 2.86. The smallest absolute Gasteiger partial charge is 0.221 e. The number of nitrogens with one attached hydrogen (secondary N) is 2. The minimum absolute atomic E-state index is 0. The van der Waals surface area contributed by atoms with Gasteiger partial charge >= 0.3 is 0 Å². The Labute approximate surface area is 131 Å². The molecule has 0 spiro atoms. The van der Waals surface area contributed by atoms with E-state index in [1.54, 1.807) is 11.8 Å². The number of amides is 1. The van der Waals surface area contributed by atoms with Crippen molar-refractivity contribution in [3.05, 3.63) is 29.3 Å². The number of hydrogen-bond acceptors (Lipinski definition) is 3. The van der Waals surface area contributed by atoms with E-state index in [4.69, 9.17) is 0 Å². The van der Waals surface area contributed by atoms with Gasteiger partial charge in [0.2, 0.25) is 5.91 Å². The fourth-order valence-corrected chi connectivity index (χ4v) is 3.09. The number of carbonyl (C=O) groups is 1. The van der Waals surface area contributed by atoms with E-state index in [1.165, 1.54) is 16.0 Å². The molecule has 1 aliphatic rings. The molecule has 20 heavy (non-hydrogen) atoms. The molecular formula is C15H23ClN2OS. The Morgan fingerprint density at radius 3 is 2.85 bits per heavy atom. The van der Waals surface area contributed by atoms with E-state index in [0.717, 1.165) is 25.3 Å². The highest BCUT2D eigenvalue weighted by Crippen LogP contribution is 2.21. The molecule has 1 aromatic rings. The van der Waals surface area contributed by atoms with Gasteiger partial charge in [-0.05, 0) is 50.1 Å². The third kappa shape index (κ3) is 5.35. The first-order valence-electron chi connectivity index (χ1n) is 6.85. The Bertz CT molecular complexity index is 447. The highest BCUT2D eigenvalue weighted by Gasteiger charge is 2.16. The number of thioether (sulfide) groups is 1.